The van der Waals surface area contributed by atoms with Crippen LogP contribution < -0.4 is 14.5 Å². The van der Waals surface area contributed by atoms with Crippen LogP contribution in [0.2, 0.25) is 0 Å². The summed E-state index contributed by atoms with van der Waals surface area (Å²) >= 11 is 0. The van der Waals surface area contributed by atoms with Crippen LogP contribution in [0.15, 0.2) is 49.1 Å². The number of nitriles is 1. The van der Waals surface area contributed by atoms with Gasteiger partial charge in [0.15, 0.2) is 0 Å². The number of hydrogen-bond donors (Lipinski definition) is 0. The first-order valence-corrected chi connectivity index (χ1v) is 15.5. The number of likely N-dealkylation sites (tertiary alicyclic amines) is 1. The third-order valence-corrected chi connectivity index (χ3v) is 9.36. The Morgan fingerprint density at radius 3 is 2.66 bits per heavy atom. The Kier molecular flexibility index (Phi) is 8.43. The predicted molar refractivity (Wildman–Crippen MR) is 173 cm³/mol. The number of fused-ring (bicyclic) bond motifs is 2. The lowest BCUT2D eigenvalue weighted by Gasteiger charge is -2.42. The quantitative estimate of drug-likeness (QED) is 0.383. The molecule has 2 fully saturated rings. The van der Waals surface area contributed by atoms with Crippen LogP contribution in [0.3, 0.4) is 0 Å². The number of anilines is 2. The van der Waals surface area contributed by atoms with E-state index in [4.69, 9.17) is 14.7 Å². The number of likely N-dealkylation sites (N-methyl/N-ethyl adjacent to an activating group) is 2. The topological polar surface area (TPSA) is 92.1 Å². The molecular formula is C34H42N8O2. The van der Waals surface area contributed by atoms with E-state index in [1.807, 2.05) is 0 Å². The van der Waals surface area contributed by atoms with E-state index in [0.29, 0.717) is 32.2 Å². The minimum absolute atomic E-state index is 0.0605. The fraction of sp³-hybridized carbons (Fsp3) is 0.471. The first-order chi connectivity index (χ1) is 21.3. The van der Waals surface area contributed by atoms with Gasteiger partial charge >= 0.3 is 6.01 Å². The molecule has 2 saturated heterocycles. The molecule has 2 aromatic carbocycles. The SMILES string of the molecule is C=CC(=O)N1CCN(c2nc(O[C@H]3CN(C)C[C@H]3N(C)C)nc3c2CCN(c2cccc4cccc(C)c24)C3)C[C@@H]1CC#N. The van der Waals surface area contributed by atoms with Crippen LogP contribution >= 0.6 is 0 Å². The van der Waals surface area contributed by atoms with E-state index in [9.17, 15) is 10.1 Å². The van der Waals surface area contributed by atoms with E-state index in [0.717, 1.165) is 43.1 Å². The minimum Gasteiger partial charge on any atom is -0.457 e. The van der Waals surface area contributed by atoms with E-state index in [1.165, 1.54) is 28.1 Å². The van der Waals surface area contributed by atoms with E-state index in [2.05, 4.69) is 96.7 Å². The summed E-state index contributed by atoms with van der Waals surface area (Å²) in [6.07, 6.45) is 2.31. The highest BCUT2D eigenvalue weighted by Gasteiger charge is 2.37. The summed E-state index contributed by atoms with van der Waals surface area (Å²) in [5, 5.41) is 12.1. The Hall–Kier alpha value is -4.20. The number of carbonyl (C=O) groups is 1. The molecule has 0 spiro atoms. The second kappa shape index (κ2) is 12.4. The number of aryl methyl sites for hydroxylation is 1. The Bertz CT molecular complexity index is 1590. The van der Waals surface area contributed by atoms with Crippen LogP contribution in [-0.4, -0.2) is 109 Å². The second-order valence-electron chi connectivity index (χ2n) is 12.5. The van der Waals surface area contributed by atoms with Crippen LogP contribution in [0.25, 0.3) is 10.8 Å². The third-order valence-electron chi connectivity index (χ3n) is 9.36. The molecule has 10 nitrogen and oxygen atoms in total. The summed E-state index contributed by atoms with van der Waals surface area (Å²) in [4.78, 5) is 33.6. The van der Waals surface area contributed by atoms with Crippen LogP contribution in [0.1, 0.15) is 23.2 Å². The fourth-order valence-corrected chi connectivity index (χ4v) is 7.10. The van der Waals surface area contributed by atoms with Crippen molar-refractivity contribution in [1.82, 2.24) is 24.7 Å². The molecule has 3 aliphatic rings. The van der Waals surface area contributed by atoms with Gasteiger partial charge in [0.2, 0.25) is 5.91 Å². The number of amides is 1. The van der Waals surface area contributed by atoms with E-state index >= 15 is 0 Å². The lowest BCUT2D eigenvalue weighted by molar-refractivity contribution is -0.128. The summed E-state index contributed by atoms with van der Waals surface area (Å²) < 4.78 is 6.62. The van der Waals surface area contributed by atoms with Gasteiger partial charge in [-0.3, -0.25) is 4.79 Å². The number of nitrogens with zero attached hydrogens (tertiary/aromatic N) is 8. The van der Waals surface area contributed by atoms with E-state index in [-0.39, 0.29) is 30.5 Å². The van der Waals surface area contributed by atoms with Gasteiger partial charge in [-0.2, -0.15) is 15.2 Å². The maximum absolute atomic E-state index is 12.6. The van der Waals surface area contributed by atoms with Gasteiger partial charge in [-0.05, 0) is 57.6 Å². The van der Waals surface area contributed by atoms with Gasteiger partial charge in [0, 0.05) is 55.9 Å². The number of piperazine rings is 1. The molecule has 3 aliphatic heterocycles. The highest BCUT2D eigenvalue weighted by molar-refractivity contribution is 5.97. The standard InChI is InChI=1S/C34H42N8O2/c1-6-31(43)42-18-17-41(19-25(42)13-15-35)33-26-14-16-40(28-12-8-11-24-10-7-9-23(2)32(24)28)20-27(26)36-34(37-33)44-30-22-39(5)21-29(30)38(3)4/h6-12,25,29-30H,1,13-14,16-22H2,2-5H3/t25-,29+,30-/m0/s1. The van der Waals surface area contributed by atoms with Crippen LogP contribution in [-0.2, 0) is 17.8 Å². The zero-order valence-electron chi connectivity index (χ0n) is 26.2. The van der Waals surface area contributed by atoms with Gasteiger partial charge in [-0.25, -0.2) is 0 Å². The zero-order chi connectivity index (χ0) is 31.0. The van der Waals surface area contributed by atoms with Gasteiger partial charge in [-0.1, -0.05) is 36.9 Å². The molecule has 10 heteroatoms. The highest BCUT2D eigenvalue weighted by atomic mass is 16.5. The molecule has 0 N–H and O–H groups in total. The first kappa shape index (κ1) is 29.9. The van der Waals surface area contributed by atoms with Crippen molar-refractivity contribution in [2.75, 3.05) is 70.2 Å². The number of hydrogen-bond acceptors (Lipinski definition) is 9. The molecule has 4 heterocycles. The Morgan fingerprint density at radius 2 is 1.91 bits per heavy atom. The fourth-order valence-electron chi connectivity index (χ4n) is 7.10. The smallest absolute Gasteiger partial charge is 0.319 e. The molecule has 0 saturated carbocycles. The Labute approximate surface area is 260 Å². The van der Waals surface area contributed by atoms with Gasteiger partial charge in [0.05, 0.1) is 36.8 Å². The average molecular weight is 595 g/mol. The monoisotopic (exact) mass is 594 g/mol. The van der Waals surface area contributed by atoms with Gasteiger partial charge in [-0.15, -0.1) is 0 Å². The molecule has 0 bridgehead atoms. The van der Waals surface area contributed by atoms with Crippen LogP contribution in [0.4, 0.5) is 11.5 Å². The third kappa shape index (κ3) is 5.70. The molecule has 3 atom stereocenters. The molecule has 0 aliphatic carbocycles. The Morgan fingerprint density at radius 1 is 1.11 bits per heavy atom. The number of aromatic nitrogens is 2. The summed E-state index contributed by atoms with van der Waals surface area (Å²) in [6, 6.07) is 15.6. The highest BCUT2D eigenvalue weighted by Crippen LogP contribution is 2.36. The summed E-state index contributed by atoms with van der Waals surface area (Å²) in [5.41, 5.74) is 4.56. The van der Waals surface area contributed by atoms with Crippen molar-refractivity contribution in [2.45, 2.75) is 44.5 Å². The zero-order valence-corrected chi connectivity index (χ0v) is 26.2. The number of rotatable bonds is 7. The largest absolute Gasteiger partial charge is 0.457 e. The van der Waals surface area contributed by atoms with E-state index < -0.39 is 0 Å². The molecule has 0 radical (unpaired) electrons. The normalized spacial score (nSPS) is 22.3. The summed E-state index contributed by atoms with van der Waals surface area (Å²) in [7, 11) is 6.29. The number of ether oxygens (including phenoxy) is 1. The van der Waals surface area contributed by atoms with Crippen molar-refractivity contribution >= 4 is 28.2 Å². The van der Waals surface area contributed by atoms with Crippen molar-refractivity contribution in [2.24, 2.45) is 0 Å². The van der Waals surface area contributed by atoms with Crippen LogP contribution in [0.5, 0.6) is 6.01 Å². The van der Waals surface area contributed by atoms with Crippen molar-refractivity contribution in [3.05, 3.63) is 65.9 Å². The maximum atomic E-state index is 12.6. The molecule has 6 rings (SSSR count). The Balaban J connectivity index is 1.38. The number of benzene rings is 2. The summed E-state index contributed by atoms with van der Waals surface area (Å²) in [6.45, 7) is 10.7. The van der Waals surface area contributed by atoms with Crippen molar-refractivity contribution in [1.29, 1.82) is 5.26 Å². The molecule has 1 aromatic heterocycles. The minimum atomic E-state index is -0.241. The average Bonchev–Trinajstić information content (AvgIpc) is 3.40. The van der Waals surface area contributed by atoms with Crippen molar-refractivity contribution < 1.29 is 9.53 Å². The molecule has 1 amide bonds. The van der Waals surface area contributed by atoms with Gasteiger partial charge in [0.1, 0.15) is 11.9 Å². The van der Waals surface area contributed by atoms with E-state index in [1.54, 1.807) is 4.90 Å². The summed E-state index contributed by atoms with van der Waals surface area (Å²) in [5.74, 6) is 0.722. The van der Waals surface area contributed by atoms with Crippen molar-refractivity contribution in [3.63, 3.8) is 0 Å². The molecule has 0 unspecified atom stereocenters. The van der Waals surface area contributed by atoms with Gasteiger partial charge < -0.3 is 29.2 Å². The van der Waals surface area contributed by atoms with Crippen LogP contribution in [0, 0.1) is 18.3 Å². The second-order valence-corrected chi connectivity index (χ2v) is 12.5. The maximum Gasteiger partial charge on any atom is 0.319 e. The first-order valence-electron chi connectivity index (χ1n) is 15.5. The molecule has 44 heavy (non-hydrogen) atoms. The molecule has 3 aromatic rings. The lowest BCUT2D eigenvalue weighted by atomic mass is 9.99. The number of carbonyl (C=O) groups excluding carboxylic acids is 1. The molecular weight excluding hydrogens is 552 g/mol. The van der Waals surface area contributed by atoms with Crippen molar-refractivity contribution in [3.8, 4) is 12.1 Å². The molecule has 230 valence electrons. The lowest BCUT2D eigenvalue weighted by Crippen LogP contribution is -2.55. The van der Waals surface area contributed by atoms with Gasteiger partial charge in [0.25, 0.3) is 0 Å². The predicted octanol–water partition coefficient (Wildman–Crippen LogP) is 3.24.